The Bertz CT molecular complexity index is 451. The monoisotopic (exact) mass is 291 g/mol. The van der Waals surface area contributed by atoms with Crippen LogP contribution in [0.3, 0.4) is 0 Å². The van der Waals surface area contributed by atoms with Crippen LogP contribution in [0, 0.1) is 0 Å². The van der Waals surface area contributed by atoms with Crippen molar-refractivity contribution >= 4 is 5.97 Å². The summed E-state index contributed by atoms with van der Waals surface area (Å²) in [6.07, 6.45) is 4.72. The molecule has 4 nitrogen and oxygen atoms in total. The highest BCUT2D eigenvalue weighted by atomic mass is 16.5. The minimum Gasteiger partial charge on any atom is -0.480 e. The average Bonchev–Trinajstić information content (AvgIpc) is 2.43. The molecule has 1 aromatic carbocycles. The Balaban J connectivity index is 1.91. The van der Waals surface area contributed by atoms with Crippen molar-refractivity contribution in [1.29, 1.82) is 0 Å². The summed E-state index contributed by atoms with van der Waals surface area (Å²) in [6, 6.07) is 9.30. The molecular formula is C17H25NO3. The molecule has 0 heterocycles. The predicted molar refractivity (Wildman–Crippen MR) is 82.4 cm³/mol. The Morgan fingerprint density at radius 2 is 2.05 bits per heavy atom. The van der Waals surface area contributed by atoms with E-state index in [-0.39, 0.29) is 11.6 Å². The molecule has 1 aliphatic rings. The van der Waals surface area contributed by atoms with Crippen molar-refractivity contribution in [3.05, 3.63) is 35.9 Å². The van der Waals surface area contributed by atoms with E-state index in [1.54, 1.807) is 7.11 Å². The van der Waals surface area contributed by atoms with Gasteiger partial charge >= 0.3 is 5.97 Å². The van der Waals surface area contributed by atoms with Gasteiger partial charge in [0.05, 0.1) is 5.60 Å². The molecule has 1 fully saturated rings. The van der Waals surface area contributed by atoms with Gasteiger partial charge in [-0.3, -0.25) is 4.79 Å². The third kappa shape index (κ3) is 4.29. The summed E-state index contributed by atoms with van der Waals surface area (Å²) in [6.45, 7) is 2.04. The first-order valence-corrected chi connectivity index (χ1v) is 7.62. The maximum Gasteiger partial charge on any atom is 0.321 e. The number of hydrogen-bond acceptors (Lipinski definition) is 3. The van der Waals surface area contributed by atoms with Crippen molar-refractivity contribution < 1.29 is 14.6 Å². The maximum absolute atomic E-state index is 11.5. The number of carboxylic acid groups (broad SMARTS) is 1. The summed E-state index contributed by atoms with van der Waals surface area (Å²) in [5, 5.41) is 12.7. The Hall–Kier alpha value is -1.39. The minimum atomic E-state index is -0.800. The summed E-state index contributed by atoms with van der Waals surface area (Å²) in [7, 11) is 1.75. The lowest BCUT2D eigenvalue weighted by atomic mass is 9.76. The van der Waals surface area contributed by atoms with Gasteiger partial charge in [-0.05, 0) is 44.6 Å². The molecule has 116 valence electrons. The fourth-order valence-electron chi connectivity index (χ4n) is 3.09. The van der Waals surface area contributed by atoms with Crippen molar-refractivity contribution in [2.24, 2.45) is 0 Å². The van der Waals surface area contributed by atoms with Crippen molar-refractivity contribution in [3.8, 4) is 0 Å². The van der Waals surface area contributed by atoms with Crippen molar-refractivity contribution in [3.63, 3.8) is 0 Å². The molecule has 21 heavy (non-hydrogen) atoms. The summed E-state index contributed by atoms with van der Waals surface area (Å²) >= 11 is 0. The average molecular weight is 291 g/mol. The number of nitrogens with one attached hydrogen (secondary N) is 1. The number of rotatable bonds is 8. The third-order valence-corrected chi connectivity index (χ3v) is 4.44. The fraction of sp³-hybridized carbons (Fsp3) is 0.588. The van der Waals surface area contributed by atoms with Gasteiger partial charge in [-0.1, -0.05) is 30.3 Å². The highest BCUT2D eigenvalue weighted by Gasteiger charge is 2.38. The smallest absolute Gasteiger partial charge is 0.321 e. The fourth-order valence-corrected chi connectivity index (χ4v) is 3.09. The Labute approximate surface area is 126 Å². The first-order valence-electron chi connectivity index (χ1n) is 7.62. The highest BCUT2D eigenvalue weighted by molar-refractivity contribution is 5.74. The van der Waals surface area contributed by atoms with Crippen LogP contribution in [0.15, 0.2) is 30.3 Å². The number of carboxylic acids is 1. The molecule has 2 N–H and O–H groups in total. The van der Waals surface area contributed by atoms with Crippen LogP contribution in [0.1, 0.15) is 38.2 Å². The molecule has 1 aliphatic carbocycles. The summed E-state index contributed by atoms with van der Waals surface area (Å²) in [5.41, 5.74) is 0.997. The third-order valence-electron chi connectivity index (χ3n) is 4.44. The standard InChI is InChI=1S/C17H25NO3/c1-13(12-17(21-2)9-6-10-17)18-15(16(19)20)11-14-7-4-3-5-8-14/h3-5,7-8,13,15,18H,6,9-12H2,1-2H3,(H,19,20)/t13?,15-/m1/s1. The quantitative estimate of drug-likeness (QED) is 0.773. The second-order valence-corrected chi connectivity index (χ2v) is 6.09. The van der Waals surface area contributed by atoms with E-state index >= 15 is 0 Å². The lowest BCUT2D eigenvalue weighted by Gasteiger charge is -2.42. The predicted octanol–water partition coefficient (Wildman–Crippen LogP) is 2.62. The Kier molecular flexibility index (Phi) is 5.37. The zero-order valence-corrected chi connectivity index (χ0v) is 12.8. The number of aliphatic carboxylic acids is 1. The molecule has 0 radical (unpaired) electrons. The van der Waals surface area contributed by atoms with Gasteiger partial charge in [0.25, 0.3) is 0 Å². The van der Waals surface area contributed by atoms with Crippen molar-refractivity contribution in [2.75, 3.05) is 7.11 Å². The molecule has 2 atom stereocenters. The molecule has 4 heteroatoms. The van der Waals surface area contributed by atoms with E-state index in [0.29, 0.717) is 6.42 Å². The van der Waals surface area contributed by atoms with E-state index in [4.69, 9.17) is 4.74 Å². The van der Waals surface area contributed by atoms with Gasteiger partial charge in [0.1, 0.15) is 6.04 Å². The summed E-state index contributed by atoms with van der Waals surface area (Å²) in [4.78, 5) is 11.5. The molecular weight excluding hydrogens is 266 g/mol. The van der Waals surface area contributed by atoms with E-state index in [9.17, 15) is 9.90 Å². The maximum atomic E-state index is 11.5. The van der Waals surface area contributed by atoms with Gasteiger partial charge in [0, 0.05) is 13.2 Å². The van der Waals surface area contributed by atoms with Crippen LogP contribution in [0.2, 0.25) is 0 Å². The number of carbonyl (C=O) groups is 1. The first kappa shape index (κ1) is 16.0. The zero-order chi connectivity index (χ0) is 15.3. The molecule has 0 bridgehead atoms. The molecule has 1 saturated carbocycles. The largest absolute Gasteiger partial charge is 0.480 e. The SMILES string of the molecule is COC1(CC(C)N[C@H](Cc2ccccc2)C(=O)O)CCC1. The van der Waals surface area contributed by atoms with Gasteiger partial charge < -0.3 is 15.2 Å². The lowest BCUT2D eigenvalue weighted by Crippen LogP contribution is -2.49. The van der Waals surface area contributed by atoms with E-state index in [1.807, 2.05) is 37.3 Å². The zero-order valence-electron chi connectivity index (χ0n) is 12.8. The molecule has 1 unspecified atom stereocenters. The molecule has 0 aliphatic heterocycles. The molecule has 0 amide bonds. The molecule has 2 rings (SSSR count). The molecule has 0 aromatic heterocycles. The van der Waals surface area contributed by atoms with Crippen molar-refractivity contribution in [1.82, 2.24) is 5.32 Å². The van der Waals surface area contributed by atoms with Crippen LogP contribution < -0.4 is 5.32 Å². The second kappa shape index (κ2) is 7.05. The number of hydrogen-bond donors (Lipinski definition) is 2. The van der Waals surface area contributed by atoms with Gasteiger partial charge in [0.15, 0.2) is 0 Å². The van der Waals surface area contributed by atoms with E-state index in [0.717, 1.165) is 24.8 Å². The van der Waals surface area contributed by atoms with E-state index in [1.165, 1.54) is 6.42 Å². The van der Waals surface area contributed by atoms with Gasteiger partial charge in [0.2, 0.25) is 0 Å². The Morgan fingerprint density at radius 1 is 1.38 bits per heavy atom. The number of ether oxygens (including phenoxy) is 1. The molecule has 0 spiro atoms. The highest BCUT2D eigenvalue weighted by Crippen LogP contribution is 2.38. The topological polar surface area (TPSA) is 58.6 Å². The van der Waals surface area contributed by atoms with Crippen LogP contribution in [0.5, 0.6) is 0 Å². The van der Waals surface area contributed by atoms with Crippen LogP contribution in [0.4, 0.5) is 0 Å². The van der Waals surface area contributed by atoms with Gasteiger partial charge in [-0.15, -0.1) is 0 Å². The Morgan fingerprint density at radius 3 is 2.52 bits per heavy atom. The minimum absolute atomic E-state index is 0.0395. The van der Waals surface area contributed by atoms with Crippen LogP contribution in [-0.2, 0) is 16.0 Å². The summed E-state index contributed by atoms with van der Waals surface area (Å²) in [5.74, 6) is -0.800. The van der Waals surface area contributed by atoms with Crippen molar-refractivity contribution in [2.45, 2.75) is 56.7 Å². The van der Waals surface area contributed by atoms with Crippen LogP contribution in [0.25, 0.3) is 0 Å². The van der Waals surface area contributed by atoms with E-state index < -0.39 is 12.0 Å². The lowest BCUT2D eigenvalue weighted by molar-refractivity contribution is -0.140. The molecule has 1 aromatic rings. The van der Waals surface area contributed by atoms with Gasteiger partial charge in [-0.25, -0.2) is 0 Å². The second-order valence-electron chi connectivity index (χ2n) is 6.09. The number of methoxy groups -OCH3 is 1. The van der Waals surface area contributed by atoms with Gasteiger partial charge in [-0.2, -0.15) is 0 Å². The first-order chi connectivity index (χ1) is 10.0. The van der Waals surface area contributed by atoms with E-state index in [2.05, 4.69) is 5.32 Å². The number of benzene rings is 1. The van der Waals surface area contributed by atoms with Crippen LogP contribution in [-0.4, -0.2) is 35.9 Å². The summed E-state index contributed by atoms with van der Waals surface area (Å²) < 4.78 is 5.62. The molecule has 0 saturated heterocycles. The van der Waals surface area contributed by atoms with Crippen LogP contribution >= 0.6 is 0 Å². The normalized spacial score (nSPS) is 19.5.